The van der Waals surface area contributed by atoms with Crippen molar-refractivity contribution in [2.75, 3.05) is 0 Å². The average molecular weight is 773 g/mol. The number of aromatic nitrogens is 3. The Labute approximate surface area is 347 Å². The van der Waals surface area contributed by atoms with Crippen molar-refractivity contribution >= 4 is 94.2 Å². The molecule has 0 aliphatic rings. The zero-order valence-corrected chi connectivity index (χ0v) is 33.1. The number of hydrogen-bond donors (Lipinski definition) is 0. The van der Waals surface area contributed by atoms with E-state index in [1.165, 1.54) is 46.9 Å². The number of para-hydroxylation sites is 3. The fourth-order valence-electron chi connectivity index (χ4n) is 10.0. The van der Waals surface area contributed by atoms with Crippen molar-refractivity contribution in [2.45, 2.75) is 0 Å². The van der Waals surface area contributed by atoms with Crippen molar-refractivity contribution in [3.8, 4) is 11.4 Å². The molecule has 0 N–H and O–H groups in total. The quantitative estimate of drug-likeness (QED) is 0.118. The first kappa shape index (κ1) is 30.7. The molecule has 0 bridgehead atoms. The van der Waals surface area contributed by atoms with Crippen LogP contribution in [-0.2, 0) is 6.98 Å². The van der Waals surface area contributed by atoms with Crippen LogP contribution in [0.2, 0.25) is 0 Å². The highest BCUT2D eigenvalue weighted by atomic mass is 28.3. The van der Waals surface area contributed by atoms with Gasteiger partial charge in [-0.25, -0.2) is 0 Å². The van der Waals surface area contributed by atoms with E-state index < -0.39 is 15.0 Å². The molecule has 0 unspecified atom stereocenters. The molecule has 0 spiro atoms. The molecule has 0 radical (unpaired) electrons. The Morgan fingerprint density at radius 2 is 0.661 bits per heavy atom. The topological polar surface area (TPSA) is 14.8 Å². The van der Waals surface area contributed by atoms with Gasteiger partial charge in [0.15, 0.2) is 8.07 Å². The summed E-state index contributed by atoms with van der Waals surface area (Å²) >= 11 is 0. The van der Waals surface area contributed by atoms with Gasteiger partial charge in [0.2, 0.25) is 0 Å². The van der Waals surface area contributed by atoms with Gasteiger partial charge in [-0.3, -0.25) is 0 Å². The Hall–Kier alpha value is -7.40. The molecule has 0 aliphatic carbocycles. The summed E-state index contributed by atoms with van der Waals surface area (Å²) in [5.41, 5.74) is 7.72. The molecule has 0 saturated heterocycles. The first-order valence-corrected chi connectivity index (χ1v) is 22.2. The fourth-order valence-corrected chi connectivity index (χ4v) is 14.8. The van der Waals surface area contributed by atoms with Gasteiger partial charge in [-0.1, -0.05) is 158 Å². The molecule has 3 nitrogen and oxygen atoms in total. The van der Waals surface area contributed by atoms with E-state index in [1.54, 1.807) is 0 Å². The number of rotatable bonds is 6. The molecule has 12 rings (SSSR count). The molecule has 0 amide bonds. The van der Waals surface area contributed by atoms with Gasteiger partial charge >= 0.3 is 0 Å². The van der Waals surface area contributed by atoms with Gasteiger partial charge in [-0.05, 0) is 81.4 Å². The number of hydrogen-bond acceptors (Lipinski definition) is 0. The third kappa shape index (κ3) is 4.87. The minimum Gasteiger partial charge on any atom is -0.344 e. The van der Waals surface area contributed by atoms with E-state index >= 15 is 0 Å². The summed E-state index contributed by atoms with van der Waals surface area (Å²) in [6.07, 6.45) is 0. The van der Waals surface area contributed by atoms with Gasteiger partial charge < -0.3 is 13.7 Å². The van der Waals surface area contributed by atoms with Crippen molar-refractivity contribution in [1.29, 1.82) is 0 Å². The average Bonchev–Trinajstić information content (AvgIpc) is 3.95. The molecule has 278 valence electrons. The van der Waals surface area contributed by atoms with Gasteiger partial charge in [-0.15, -0.1) is 0 Å². The lowest BCUT2D eigenvalue weighted by atomic mass is 10.1. The Morgan fingerprint density at radius 1 is 0.305 bits per heavy atom. The number of nitrogens with zero attached hydrogens (tertiary/aromatic N) is 3. The predicted octanol–water partition coefficient (Wildman–Crippen LogP) is 10.9. The molecule has 59 heavy (non-hydrogen) atoms. The Bertz CT molecular complexity index is 3530. The van der Waals surface area contributed by atoms with Crippen LogP contribution in [0.1, 0.15) is 4.11 Å². The standard InChI is InChI=1S/C55H39N3Si/c1-56-50-32-29-38(57-52-26-14-11-23-44(52)45-24-12-15-27-53(45)57)35-47(50)48-36-39(30-33-51(48)56)58-54-28-16-13-25-46(54)49-37-43(31-34-55(49)58)59(40-17-5-2-6-18-40,41-19-7-3-8-20-41)42-21-9-4-10-22-42/h2-37H,1H3/i1D3. The second-order valence-electron chi connectivity index (χ2n) is 15.5. The first-order valence-electron chi connectivity index (χ1n) is 21.7. The summed E-state index contributed by atoms with van der Waals surface area (Å²) in [4.78, 5) is 0. The monoisotopic (exact) mass is 772 g/mol. The van der Waals surface area contributed by atoms with Crippen LogP contribution in [0.15, 0.2) is 218 Å². The van der Waals surface area contributed by atoms with E-state index in [9.17, 15) is 0 Å². The fraction of sp³-hybridized carbons (Fsp3) is 0.0182. The highest BCUT2D eigenvalue weighted by molar-refractivity contribution is 7.20. The number of benzene rings is 9. The lowest BCUT2D eigenvalue weighted by Gasteiger charge is -2.34. The molecule has 0 atom stereocenters. The predicted molar refractivity (Wildman–Crippen MR) is 253 cm³/mol. The highest BCUT2D eigenvalue weighted by Crippen LogP contribution is 2.38. The largest absolute Gasteiger partial charge is 0.344 e. The second-order valence-corrected chi connectivity index (χ2v) is 19.3. The summed E-state index contributed by atoms with van der Waals surface area (Å²) in [5.74, 6) is 0. The van der Waals surface area contributed by atoms with Crippen LogP contribution in [-0.4, -0.2) is 21.8 Å². The van der Waals surface area contributed by atoms with Gasteiger partial charge in [0.05, 0.1) is 22.1 Å². The van der Waals surface area contributed by atoms with Crippen molar-refractivity contribution < 1.29 is 4.11 Å². The molecule has 4 heteroatoms. The first-order chi connectivity index (χ1) is 30.4. The van der Waals surface area contributed by atoms with E-state index in [0.29, 0.717) is 11.0 Å². The van der Waals surface area contributed by atoms with E-state index in [2.05, 4.69) is 215 Å². The van der Waals surface area contributed by atoms with E-state index in [4.69, 9.17) is 4.11 Å². The highest BCUT2D eigenvalue weighted by Gasteiger charge is 2.41. The molecule has 3 heterocycles. The van der Waals surface area contributed by atoms with Crippen LogP contribution in [0.4, 0.5) is 0 Å². The molecular weight excluding hydrogens is 731 g/mol. The molecule has 9 aromatic carbocycles. The van der Waals surface area contributed by atoms with Crippen LogP contribution < -0.4 is 20.7 Å². The zero-order valence-electron chi connectivity index (χ0n) is 35.1. The molecule has 12 aromatic rings. The maximum Gasteiger partial charge on any atom is 0.179 e. The molecular formula is C55H39N3Si. The van der Waals surface area contributed by atoms with E-state index in [1.807, 2.05) is 12.1 Å². The number of fused-ring (bicyclic) bond motifs is 9. The van der Waals surface area contributed by atoms with Gasteiger partial charge in [0.1, 0.15) is 0 Å². The summed E-state index contributed by atoms with van der Waals surface area (Å²) in [6, 6.07) is 78.3. The van der Waals surface area contributed by atoms with Crippen LogP contribution >= 0.6 is 0 Å². The van der Waals surface area contributed by atoms with Crippen LogP contribution in [0.25, 0.3) is 76.8 Å². The summed E-state index contributed by atoms with van der Waals surface area (Å²) in [7, 11) is -2.79. The maximum atomic E-state index is 8.72. The van der Waals surface area contributed by atoms with Crippen molar-refractivity contribution in [3.05, 3.63) is 218 Å². The number of aryl methyl sites for hydroxylation is 1. The second kappa shape index (κ2) is 13.1. The molecule has 0 aliphatic heterocycles. The zero-order chi connectivity index (χ0) is 41.6. The minimum atomic E-state index is -2.79. The minimum absolute atomic E-state index is 0.676. The van der Waals surface area contributed by atoms with Crippen molar-refractivity contribution in [3.63, 3.8) is 0 Å². The van der Waals surface area contributed by atoms with Crippen molar-refractivity contribution in [2.24, 2.45) is 6.98 Å². The lowest BCUT2D eigenvalue weighted by Crippen LogP contribution is -2.74. The Kier molecular flexibility index (Phi) is 6.80. The van der Waals surface area contributed by atoms with Crippen LogP contribution in [0.5, 0.6) is 0 Å². The molecule has 0 fully saturated rings. The normalized spacial score (nSPS) is 13.1. The smallest absolute Gasteiger partial charge is 0.179 e. The summed E-state index contributed by atoms with van der Waals surface area (Å²) < 4.78 is 32.3. The maximum absolute atomic E-state index is 8.72. The molecule has 0 saturated carbocycles. The van der Waals surface area contributed by atoms with Crippen LogP contribution in [0, 0.1) is 0 Å². The van der Waals surface area contributed by atoms with Crippen molar-refractivity contribution in [1.82, 2.24) is 13.7 Å². The third-order valence-corrected chi connectivity index (χ3v) is 17.3. The van der Waals surface area contributed by atoms with E-state index in [0.717, 1.165) is 44.2 Å². The third-order valence-electron chi connectivity index (χ3n) is 12.6. The van der Waals surface area contributed by atoms with Gasteiger partial charge in [0, 0.05) is 65.8 Å². The lowest BCUT2D eigenvalue weighted by molar-refractivity contribution is 1.01. The van der Waals surface area contributed by atoms with E-state index in [-0.39, 0.29) is 0 Å². The Balaban J connectivity index is 1.11. The SMILES string of the molecule is [2H]C([2H])([2H])n1c2ccc(-n3c4ccccc4c4ccccc43)cc2c2cc(-n3c4ccccc4c4cc([Si](c5ccccc5)(c5ccccc5)c5ccccc5)ccc43)ccc21. The Morgan fingerprint density at radius 3 is 1.10 bits per heavy atom. The van der Waals surface area contributed by atoms with Gasteiger partial charge in [-0.2, -0.15) is 0 Å². The molecule has 3 aromatic heterocycles. The van der Waals surface area contributed by atoms with Crippen LogP contribution in [0.3, 0.4) is 0 Å². The summed E-state index contributed by atoms with van der Waals surface area (Å²) in [5, 5.41) is 11.8. The van der Waals surface area contributed by atoms with Gasteiger partial charge in [0.25, 0.3) is 0 Å². The summed E-state index contributed by atoms with van der Waals surface area (Å²) in [6.45, 7) is -2.38.